The number of aryl methyl sites for hydroxylation is 1. The lowest BCUT2D eigenvalue weighted by Gasteiger charge is -2.06. The minimum Gasteiger partial charge on any atom is -0.504 e. The first kappa shape index (κ1) is 9.71. The van der Waals surface area contributed by atoms with E-state index in [0.29, 0.717) is 11.4 Å². The Morgan fingerprint density at radius 3 is 2.23 bits per heavy atom. The van der Waals surface area contributed by atoms with Crippen molar-refractivity contribution in [3.8, 4) is 5.75 Å². The minimum atomic E-state index is 0.000230. The zero-order valence-corrected chi connectivity index (χ0v) is 7.88. The van der Waals surface area contributed by atoms with Gasteiger partial charge in [-0.15, -0.1) is 0 Å². The lowest BCUT2D eigenvalue weighted by atomic mass is 10.1. The van der Waals surface area contributed by atoms with Gasteiger partial charge in [-0.1, -0.05) is 13.3 Å². The summed E-state index contributed by atoms with van der Waals surface area (Å²) in [5.41, 5.74) is 13.0. The molecule has 0 fully saturated rings. The maximum atomic E-state index is 9.31. The highest BCUT2D eigenvalue weighted by Gasteiger charge is 2.03. The molecule has 0 aliphatic heterocycles. The van der Waals surface area contributed by atoms with Crippen molar-refractivity contribution < 1.29 is 5.11 Å². The van der Waals surface area contributed by atoms with Crippen LogP contribution in [0.3, 0.4) is 0 Å². The van der Waals surface area contributed by atoms with Crippen LogP contribution in [-0.4, -0.2) is 5.11 Å². The van der Waals surface area contributed by atoms with Crippen LogP contribution >= 0.6 is 0 Å². The number of phenolic OH excluding ortho intramolecular Hbond substituents is 1. The van der Waals surface area contributed by atoms with Gasteiger partial charge < -0.3 is 16.6 Å². The van der Waals surface area contributed by atoms with Gasteiger partial charge in [-0.2, -0.15) is 0 Å². The average molecular weight is 180 g/mol. The second-order valence-electron chi connectivity index (χ2n) is 3.23. The first-order valence-corrected chi connectivity index (χ1v) is 4.52. The fraction of sp³-hybridized carbons (Fsp3) is 0.400. The van der Waals surface area contributed by atoms with Gasteiger partial charge in [0.05, 0.1) is 11.4 Å². The van der Waals surface area contributed by atoms with Crippen LogP contribution in [-0.2, 0) is 6.42 Å². The molecule has 0 aliphatic rings. The van der Waals surface area contributed by atoms with Crippen molar-refractivity contribution in [1.82, 2.24) is 0 Å². The number of phenols is 1. The van der Waals surface area contributed by atoms with Crippen LogP contribution in [0.25, 0.3) is 0 Å². The van der Waals surface area contributed by atoms with Gasteiger partial charge >= 0.3 is 0 Å². The minimum absolute atomic E-state index is 0.000230. The summed E-state index contributed by atoms with van der Waals surface area (Å²) in [4.78, 5) is 0. The molecule has 0 radical (unpaired) electrons. The molecule has 0 unspecified atom stereocenters. The predicted octanol–water partition coefficient (Wildman–Crippen LogP) is 1.90. The van der Waals surface area contributed by atoms with E-state index in [-0.39, 0.29) is 5.75 Å². The smallest absolute Gasteiger partial charge is 0.161 e. The highest BCUT2D eigenvalue weighted by Crippen LogP contribution is 2.29. The molecule has 3 heteroatoms. The largest absolute Gasteiger partial charge is 0.504 e. The zero-order chi connectivity index (χ0) is 9.84. The fourth-order valence-electron chi connectivity index (χ4n) is 1.27. The van der Waals surface area contributed by atoms with E-state index in [9.17, 15) is 5.11 Å². The number of benzene rings is 1. The van der Waals surface area contributed by atoms with Gasteiger partial charge in [-0.25, -0.2) is 0 Å². The summed E-state index contributed by atoms with van der Waals surface area (Å²) in [6.45, 7) is 2.13. The van der Waals surface area contributed by atoms with Gasteiger partial charge in [0.1, 0.15) is 0 Å². The number of aromatic hydroxyl groups is 1. The van der Waals surface area contributed by atoms with E-state index >= 15 is 0 Å². The summed E-state index contributed by atoms with van der Waals surface area (Å²) in [7, 11) is 0. The Morgan fingerprint density at radius 1 is 1.23 bits per heavy atom. The van der Waals surface area contributed by atoms with E-state index in [0.717, 1.165) is 24.8 Å². The number of nitrogens with two attached hydrogens (primary N) is 2. The van der Waals surface area contributed by atoms with Gasteiger partial charge in [0.2, 0.25) is 0 Å². The summed E-state index contributed by atoms with van der Waals surface area (Å²) in [6.07, 6.45) is 3.22. The van der Waals surface area contributed by atoms with Crippen LogP contribution in [0, 0.1) is 0 Å². The summed E-state index contributed by atoms with van der Waals surface area (Å²) >= 11 is 0. The molecule has 0 spiro atoms. The van der Waals surface area contributed by atoms with Gasteiger partial charge in [0.25, 0.3) is 0 Å². The van der Waals surface area contributed by atoms with Gasteiger partial charge in [0, 0.05) is 0 Å². The molecular weight excluding hydrogens is 164 g/mol. The normalized spacial score (nSPS) is 10.2. The van der Waals surface area contributed by atoms with Crippen molar-refractivity contribution in [2.75, 3.05) is 11.5 Å². The summed E-state index contributed by atoms with van der Waals surface area (Å²) in [6, 6.07) is 3.56. The molecule has 0 heterocycles. The van der Waals surface area contributed by atoms with E-state index in [4.69, 9.17) is 11.5 Å². The Morgan fingerprint density at radius 2 is 1.77 bits per heavy atom. The number of hydrogen-bond acceptors (Lipinski definition) is 3. The standard InChI is InChI=1S/C10H16N2O/c1-2-3-4-7-5-8(11)10(13)9(12)6-7/h5-6,13H,2-4,11-12H2,1H3. The molecule has 3 nitrogen and oxygen atoms in total. The Kier molecular flexibility index (Phi) is 3.01. The molecule has 1 aromatic rings. The number of unbranched alkanes of at least 4 members (excludes halogenated alkanes) is 1. The first-order chi connectivity index (χ1) is 6.15. The number of rotatable bonds is 3. The van der Waals surface area contributed by atoms with Crippen molar-refractivity contribution in [2.24, 2.45) is 0 Å². The van der Waals surface area contributed by atoms with E-state index in [1.165, 1.54) is 0 Å². The molecule has 72 valence electrons. The zero-order valence-electron chi connectivity index (χ0n) is 7.88. The molecule has 0 bridgehead atoms. The second-order valence-corrected chi connectivity index (χ2v) is 3.23. The van der Waals surface area contributed by atoms with Crippen LogP contribution in [0.5, 0.6) is 5.75 Å². The van der Waals surface area contributed by atoms with Gasteiger partial charge in [0.15, 0.2) is 5.75 Å². The van der Waals surface area contributed by atoms with Gasteiger partial charge in [-0.3, -0.25) is 0 Å². The average Bonchev–Trinajstić information content (AvgIpc) is 2.10. The summed E-state index contributed by atoms with van der Waals surface area (Å²) < 4.78 is 0. The highest BCUT2D eigenvalue weighted by molar-refractivity contribution is 5.67. The third-order valence-corrected chi connectivity index (χ3v) is 2.05. The van der Waals surface area contributed by atoms with Crippen LogP contribution in [0.4, 0.5) is 11.4 Å². The van der Waals surface area contributed by atoms with Crippen LogP contribution < -0.4 is 11.5 Å². The second kappa shape index (κ2) is 4.03. The number of hydrogen-bond donors (Lipinski definition) is 3. The quantitative estimate of drug-likeness (QED) is 0.491. The highest BCUT2D eigenvalue weighted by atomic mass is 16.3. The van der Waals surface area contributed by atoms with Crippen LogP contribution in [0.1, 0.15) is 25.3 Å². The van der Waals surface area contributed by atoms with Crippen LogP contribution in [0.15, 0.2) is 12.1 Å². The van der Waals surface area contributed by atoms with Crippen molar-refractivity contribution in [3.05, 3.63) is 17.7 Å². The molecule has 0 aliphatic carbocycles. The maximum Gasteiger partial charge on any atom is 0.161 e. The lowest BCUT2D eigenvalue weighted by Crippen LogP contribution is -1.95. The Balaban J connectivity index is 2.86. The molecule has 0 atom stereocenters. The third kappa shape index (κ3) is 2.28. The van der Waals surface area contributed by atoms with E-state index in [1.54, 1.807) is 12.1 Å². The Labute approximate surface area is 78.4 Å². The first-order valence-electron chi connectivity index (χ1n) is 4.52. The molecule has 0 aromatic heterocycles. The Hall–Kier alpha value is -1.38. The SMILES string of the molecule is CCCCc1cc(N)c(O)c(N)c1. The summed E-state index contributed by atoms with van der Waals surface area (Å²) in [5, 5.41) is 9.31. The van der Waals surface area contributed by atoms with Crippen molar-refractivity contribution in [2.45, 2.75) is 26.2 Å². The molecule has 5 N–H and O–H groups in total. The molecule has 1 rings (SSSR count). The molecule has 0 saturated heterocycles. The van der Waals surface area contributed by atoms with Gasteiger partial charge in [-0.05, 0) is 30.5 Å². The molecule has 0 amide bonds. The topological polar surface area (TPSA) is 72.3 Å². The van der Waals surface area contributed by atoms with Crippen molar-refractivity contribution in [3.63, 3.8) is 0 Å². The molecular formula is C10H16N2O. The maximum absolute atomic E-state index is 9.31. The molecule has 0 saturated carbocycles. The molecule has 13 heavy (non-hydrogen) atoms. The number of anilines is 2. The van der Waals surface area contributed by atoms with E-state index in [2.05, 4.69) is 6.92 Å². The fourth-order valence-corrected chi connectivity index (χ4v) is 1.27. The van der Waals surface area contributed by atoms with E-state index < -0.39 is 0 Å². The number of nitrogen functional groups attached to an aromatic ring is 2. The van der Waals surface area contributed by atoms with Crippen molar-refractivity contribution >= 4 is 11.4 Å². The monoisotopic (exact) mass is 180 g/mol. The van der Waals surface area contributed by atoms with Crippen molar-refractivity contribution in [1.29, 1.82) is 0 Å². The Bertz CT molecular complexity index is 274. The lowest BCUT2D eigenvalue weighted by molar-refractivity contribution is 0.480. The summed E-state index contributed by atoms with van der Waals surface area (Å²) in [5.74, 6) is 0.000230. The molecule has 1 aromatic carbocycles. The third-order valence-electron chi connectivity index (χ3n) is 2.05. The van der Waals surface area contributed by atoms with Crippen LogP contribution in [0.2, 0.25) is 0 Å². The predicted molar refractivity (Wildman–Crippen MR) is 55.5 cm³/mol. The van der Waals surface area contributed by atoms with E-state index in [1.807, 2.05) is 0 Å².